The predicted octanol–water partition coefficient (Wildman–Crippen LogP) is 2.85. The Kier molecular flexibility index (Phi) is 6.46. The van der Waals surface area contributed by atoms with Crippen molar-refractivity contribution in [2.24, 2.45) is 0 Å². The molecule has 19 heavy (non-hydrogen) atoms. The minimum Gasteiger partial charge on any atom is -0.383 e. The molecule has 0 bridgehead atoms. The molecule has 1 unspecified atom stereocenters. The van der Waals surface area contributed by atoms with E-state index in [2.05, 4.69) is 20.7 Å². The number of ether oxygens (including phenoxy) is 1. The first-order valence-corrected chi connectivity index (χ1v) is 8.45. The average molecular weight is 350 g/mol. The number of rotatable bonds is 7. The van der Waals surface area contributed by atoms with Gasteiger partial charge in [0, 0.05) is 17.6 Å². The van der Waals surface area contributed by atoms with Crippen molar-refractivity contribution in [2.45, 2.75) is 37.6 Å². The van der Waals surface area contributed by atoms with Crippen LogP contribution in [0.3, 0.4) is 0 Å². The van der Waals surface area contributed by atoms with E-state index in [9.17, 15) is 8.42 Å². The second-order valence-corrected chi connectivity index (χ2v) is 7.03. The second kappa shape index (κ2) is 7.38. The molecule has 0 fully saturated rings. The maximum Gasteiger partial charge on any atom is 0.242 e. The topological polar surface area (TPSA) is 55.4 Å². The summed E-state index contributed by atoms with van der Waals surface area (Å²) >= 11 is 3.30. The van der Waals surface area contributed by atoms with Crippen LogP contribution in [0.5, 0.6) is 0 Å². The van der Waals surface area contributed by atoms with Gasteiger partial charge in [-0.1, -0.05) is 19.4 Å². The fourth-order valence-corrected chi connectivity index (χ4v) is 4.28. The molecule has 1 aromatic rings. The summed E-state index contributed by atoms with van der Waals surface area (Å²) < 4.78 is 33.0. The number of halogens is 1. The van der Waals surface area contributed by atoms with Gasteiger partial charge in [0.1, 0.15) is 0 Å². The van der Waals surface area contributed by atoms with Gasteiger partial charge in [-0.15, -0.1) is 0 Å². The summed E-state index contributed by atoms with van der Waals surface area (Å²) in [5.41, 5.74) is 1.01. The zero-order chi connectivity index (χ0) is 14.5. The molecule has 0 saturated heterocycles. The van der Waals surface area contributed by atoms with Crippen LogP contribution >= 0.6 is 15.9 Å². The van der Waals surface area contributed by atoms with Crippen molar-refractivity contribution in [1.82, 2.24) is 4.72 Å². The maximum absolute atomic E-state index is 12.3. The molecule has 0 spiro atoms. The first-order chi connectivity index (χ1) is 8.90. The molecule has 1 rings (SSSR count). The Morgan fingerprint density at radius 1 is 1.42 bits per heavy atom. The van der Waals surface area contributed by atoms with Gasteiger partial charge in [-0.25, -0.2) is 13.1 Å². The summed E-state index contributed by atoms with van der Waals surface area (Å²) in [5, 5.41) is 0. The molecule has 0 amide bonds. The van der Waals surface area contributed by atoms with Crippen LogP contribution < -0.4 is 4.72 Å². The third kappa shape index (κ3) is 4.87. The number of benzene rings is 1. The molecule has 4 nitrogen and oxygen atoms in total. The maximum atomic E-state index is 12.3. The smallest absolute Gasteiger partial charge is 0.242 e. The summed E-state index contributed by atoms with van der Waals surface area (Å²) in [5.74, 6) is 0. The molecule has 0 aromatic heterocycles. The molecule has 0 aliphatic carbocycles. The van der Waals surface area contributed by atoms with Crippen LogP contribution in [0, 0.1) is 6.92 Å². The van der Waals surface area contributed by atoms with Crippen LogP contribution in [0.2, 0.25) is 0 Å². The fourth-order valence-electron chi connectivity index (χ4n) is 1.83. The van der Waals surface area contributed by atoms with E-state index in [0.29, 0.717) is 11.1 Å². The molecule has 6 heteroatoms. The monoisotopic (exact) mass is 349 g/mol. The van der Waals surface area contributed by atoms with E-state index < -0.39 is 10.0 Å². The van der Waals surface area contributed by atoms with Crippen LogP contribution in [-0.2, 0) is 14.8 Å². The zero-order valence-corrected chi connectivity index (χ0v) is 13.8. The highest BCUT2D eigenvalue weighted by atomic mass is 79.9. The molecular formula is C13H20BrNO3S. The Bertz CT molecular complexity index is 511. The van der Waals surface area contributed by atoms with Gasteiger partial charge >= 0.3 is 0 Å². The van der Waals surface area contributed by atoms with Crippen molar-refractivity contribution in [3.05, 3.63) is 28.2 Å². The number of sulfonamides is 1. The van der Waals surface area contributed by atoms with E-state index in [-0.39, 0.29) is 10.9 Å². The first kappa shape index (κ1) is 16.6. The van der Waals surface area contributed by atoms with E-state index in [0.717, 1.165) is 18.4 Å². The molecule has 108 valence electrons. The molecule has 1 atom stereocenters. The molecule has 0 aliphatic heterocycles. The van der Waals surface area contributed by atoms with Crippen molar-refractivity contribution in [2.75, 3.05) is 13.7 Å². The predicted molar refractivity (Wildman–Crippen MR) is 79.8 cm³/mol. The van der Waals surface area contributed by atoms with E-state index in [1.165, 1.54) is 0 Å². The largest absolute Gasteiger partial charge is 0.383 e. The highest BCUT2D eigenvalue weighted by Gasteiger charge is 2.21. The molecule has 1 N–H and O–H groups in total. The van der Waals surface area contributed by atoms with Crippen molar-refractivity contribution >= 4 is 26.0 Å². The van der Waals surface area contributed by atoms with Gasteiger partial charge in [0.05, 0.1) is 11.5 Å². The highest BCUT2D eigenvalue weighted by molar-refractivity contribution is 9.10. The lowest BCUT2D eigenvalue weighted by Crippen LogP contribution is -2.38. The number of methoxy groups -OCH3 is 1. The summed E-state index contributed by atoms with van der Waals surface area (Å²) in [6, 6.07) is 4.98. The Hall–Kier alpha value is -0.430. The van der Waals surface area contributed by atoms with Gasteiger partial charge in [-0.05, 0) is 47.0 Å². The van der Waals surface area contributed by atoms with E-state index >= 15 is 0 Å². The van der Waals surface area contributed by atoms with Gasteiger partial charge < -0.3 is 4.74 Å². The lowest BCUT2D eigenvalue weighted by Gasteiger charge is -2.18. The molecule has 1 aromatic carbocycles. The Balaban J connectivity index is 2.96. The van der Waals surface area contributed by atoms with Crippen molar-refractivity contribution in [1.29, 1.82) is 0 Å². The van der Waals surface area contributed by atoms with Gasteiger partial charge in [0.2, 0.25) is 10.0 Å². The number of nitrogens with one attached hydrogen (secondary N) is 1. The van der Waals surface area contributed by atoms with Crippen molar-refractivity contribution in [3.63, 3.8) is 0 Å². The van der Waals surface area contributed by atoms with Gasteiger partial charge in [0.15, 0.2) is 0 Å². The van der Waals surface area contributed by atoms with Crippen LogP contribution in [0.15, 0.2) is 27.6 Å². The molecule has 0 aliphatic rings. The van der Waals surface area contributed by atoms with E-state index in [1.807, 2.05) is 13.8 Å². The summed E-state index contributed by atoms with van der Waals surface area (Å²) in [6.45, 7) is 4.30. The average Bonchev–Trinajstić information content (AvgIpc) is 2.28. The summed E-state index contributed by atoms with van der Waals surface area (Å²) in [6.07, 6.45) is 1.64. The standard InChI is InChI=1S/C13H20BrNO3S/c1-4-5-11(9-18-3)15-19(16,17)13-7-6-10(2)8-12(13)14/h6-8,11,15H,4-5,9H2,1-3H3. The van der Waals surface area contributed by atoms with Gasteiger partial charge in [-0.2, -0.15) is 0 Å². The van der Waals surface area contributed by atoms with Gasteiger partial charge in [0.25, 0.3) is 0 Å². The Morgan fingerprint density at radius 3 is 2.63 bits per heavy atom. The third-order valence-electron chi connectivity index (χ3n) is 2.70. The molecule has 0 heterocycles. The quantitative estimate of drug-likeness (QED) is 0.823. The highest BCUT2D eigenvalue weighted by Crippen LogP contribution is 2.23. The normalized spacial score (nSPS) is 13.5. The van der Waals surface area contributed by atoms with E-state index in [1.54, 1.807) is 25.3 Å². The minimum atomic E-state index is -3.53. The van der Waals surface area contributed by atoms with Crippen LogP contribution in [-0.4, -0.2) is 28.2 Å². The third-order valence-corrected chi connectivity index (χ3v) is 5.20. The molecular weight excluding hydrogens is 330 g/mol. The number of aryl methyl sites for hydroxylation is 1. The zero-order valence-electron chi connectivity index (χ0n) is 11.4. The summed E-state index contributed by atoms with van der Waals surface area (Å²) in [4.78, 5) is 0.260. The van der Waals surface area contributed by atoms with Crippen molar-refractivity contribution < 1.29 is 13.2 Å². The molecule has 0 saturated carbocycles. The first-order valence-electron chi connectivity index (χ1n) is 6.18. The van der Waals surface area contributed by atoms with Crippen LogP contribution in [0.4, 0.5) is 0 Å². The lowest BCUT2D eigenvalue weighted by molar-refractivity contribution is 0.171. The van der Waals surface area contributed by atoms with Crippen LogP contribution in [0.1, 0.15) is 25.3 Å². The Labute approximate surface area is 123 Å². The lowest BCUT2D eigenvalue weighted by atomic mass is 10.2. The van der Waals surface area contributed by atoms with Crippen molar-refractivity contribution in [3.8, 4) is 0 Å². The summed E-state index contributed by atoms with van der Waals surface area (Å²) in [7, 11) is -1.96. The number of hydrogen-bond acceptors (Lipinski definition) is 3. The second-order valence-electron chi connectivity index (χ2n) is 4.50. The molecule has 0 radical (unpaired) electrons. The fraction of sp³-hybridized carbons (Fsp3) is 0.538. The SMILES string of the molecule is CCCC(COC)NS(=O)(=O)c1ccc(C)cc1Br. The number of hydrogen-bond donors (Lipinski definition) is 1. The van der Waals surface area contributed by atoms with Gasteiger partial charge in [-0.3, -0.25) is 0 Å². The van der Waals surface area contributed by atoms with Crippen LogP contribution in [0.25, 0.3) is 0 Å². The Morgan fingerprint density at radius 2 is 2.11 bits per heavy atom. The van der Waals surface area contributed by atoms with E-state index in [4.69, 9.17) is 4.74 Å². The minimum absolute atomic E-state index is 0.201.